The standard InChI is InChI=1S/C18H19ClF3N3O/c1-2-16-15(10-23-25(16)14-7-3-6-13(19)9-14)17(26)24-8-4-5-12(11-24)18(20,21)22/h3,6-7,9-10,12H,2,4-5,8,11H2,1H3/t12-/m1/s1. The maximum atomic E-state index is 13.0. The van der Waals surface area contributed by atoms with E-state index in [1.54, 1.807) is 22.9 Å². The third-order valence-corrected chi connectivity index (χ3v) is 4.89. The van der Waals surface area contributed by atoms with Gasteiger partial charge < -0.3 is 4.90 Å². The number of benzene rings is 1. The first-order valence-electron chi connectivity index (χ1n) is 8.50. The van der Waals surface area contributed by atoms with Gasteiger partial charge in [-0.05, 0) is 37.5 Å². The van der Waals surface area contributed by atoms with Gasteiger partial charge in [0.1, 0.15) is 0 Å². The van der Waals surface area contributed by atoms with Crippen LogP contribution in [0.15, 0.2) is 30.5 Å². The number of piperidine rings is 1. The number of rotatable bonds is 3. The van der Waals surface area contributed by atoms with E-state index in [0.29, 0.717) is 41.4 Å². The SMILES string of the molecule is CCc1c(C(=O)N2CCC[C@@H](C(F)(F)F)C2)cnn1-c1cccc(Cl)c1. The van der Waals surface area contributed by atoms with Gasteiger partial charge in [-0.3, -0.25) is 4.79 Å². The maximum absolute atomic E-state index is 13.0. The Morgan fingerprint density at radius 2 is 2.15 bits per heavy atom. The Balaban J connectivity index is 1.88. The molecule has 0 unspecified atom stereocenters. The molecule has 0 radical (unpaired) electrons. The summed E-state index contributed by atoms with van der Waals surface area (Å²) in [5.41, 5.74) is 1.71. The molecule has 4 nitrogen and oxygen atoms in total. The highest BCUT2D eigenvalue weighted by Crippen LogP contribution is 2.33. The third kappa shape index (κ3) is 3.72. The van der Waals surface area contributed by atoms with Crippen LogP contribution < -0.4 is 0 Å². The quantitative estimate of drug-likeness (QED) is 0.780. The van der Waals surface area contributed by atoms with Crippen LogP contribution in [-0.4, -0.2) is 39.9 Å². The van der Waals surface area contributed by atoms with Crippen molar-refractivity contribution in [1.29, 1.82) is 0 Å². The van der Waals surface area contributed by atoms with E-state index in [1.165, 1.54) is 11.1 Å². The predicted octanol–water partition coefficient (Wildman–Crippen LogP) is 4.50. The molecule has 1 aromatic carbocycles. The molecule has 8 heteroatoms. The van der Waals surface area contributed by atoms with E-state index in [-0.39, 0.29) is 13.0 Å². The van der Waals surface area contributed by atoms with Crippen molar-refractivity contribution in [2.24, 2.45) is 5.92 Å². The lowest BCUT2D eigenvalue weighted by molar-refractivity contribution is -0.184. The highest BCUT2D eigenvalue weighted by atomic mass is 35.5. The molecule has 0 aliphatic carbocycles. The van der Waals surface area contributed by atoms with Crippen LogP contribution in [-0.2, 0) is 6.42 Å². The molecular weight excluding hydrogens is 367 g/mol. The van der Waals surface area contributed by atoms with Crippen molar-refractivity contribution >= 4 is 17.5 Å². The first-order valence-corrected chi connectivity index (χ1v) is 8.88. The average Bonchev–Trinajstić information content (AvgIpc) is 3.04. The Morgan fingerprint density at radius 3 is 2.81 bits per heavy atom. The summed E-state index contributed by atoms with van der Waals surface area (Å²) >= 11 is 6.02. The van der Waals surface area contributed by atoms with E-state index in [1.807, 2.05) is 13.0 Å². The van der Waals surface area contributed by atoms with Crippen LogP contribution >= 0.6 is 11.6 Å². The Morgan fingerprint density at radius 1 is 1.38 bits per heavy atom. The van der Waals surface area contributed by atoms with Gasteiger partial charge in [0.05, 0.1) is 29.1 Å². The van der Waals surface area contributed by atoms with Crippen LogP contribution in [0.3, 0.4) is 0 Å². The van der Waals surface area contributed by atoms with Gasteiger partial charge in [0.2, 0.25) is 0 Å². The van der Waals surface area contributed by atoms with Gasteiger partial charge in [0.15, 0.2) is 0 Å². The summed E-state index contributed by atoms with van der Waals surface area (Å²) in [5.74, 6) is -1.86. The topological polar surface area (TPSA) is 38.1 Å². The van der Waals surface area contributed by atoms with Crippen LogP contribution in [0.2, 0.25) is 5.02 Å². The number of amides is 1. The molecule has 1 fully saturated rings. The first kappa shape index (κ1) is 18.8. The van der Waals surface area contributed by atoms with Crippen LogP contribution in [0.25, 0.3) is 5.69 Å². The molecule has 1 aromatic heterocycles. The van der Waals surface area contributed by atoms with Gasteiger partial charge in [0.25, 0.3) is 5.91 Å². The van der Waals surface area contributed by atoms with E-state index in [4.69, 9.17) is 11.6 Å². The monoisotopic (exact) mass is 385 g/mol. The number of nitrogens with zero attached hydrogens (tertiary/aromatic N) is 3. The van der Waals surface area contributed by atoms with Crippen molar-refractivity contribution in [3.63, 3.8) is 0 Å². The molecule has 0 N–H and O–H groups in total. The van der Waals surface area contributed by atoms with Crippen molar-refractivity contribution in [2.45, 2.75) is 32.4 Å². The Labute approximate surface area is 154 Å². The fourth-order valence-electron chi connectivity index (χ4n) is 3.32. The van der Waals surface area contributed by atoms with Gasteiger partial charge in [-0.15, -0.1) is 0 Å². The van der Waals surface area contributed by atoms with Crippen molar-refractivity contribution in [3.8, 4) is 5.69 Å². The van der Waals surface area contributed by atoms with Crippen molar-refractivity contribution < 1.29 is 18.0 Å². The number of carbonyl (C=O) groups excluding carboxylic acids is 1. The summed E-state index contributed by atoms with van der Waals surface area (Å²) in [5, 5.41) is 4.81. The second kappa shape index (κ2) is 7.31. The van der Waals surface area contributed by atoms with Crippen molar-refractivity contribution in [2.75, 3.05) is 13.1 Å². The molecule has 1 saturated heterocycles. The smallest absolute Gasteiger partial charge is 0.338 e. The van der Waals surface area contributed by atoms with E-state index in [0.717, 1.165) is 0 Å². The van der Waals surface area contributed by atoms with Crippen LogP contribution in [0.5, 0.6) is 0 Å². The van der Waals surface area contributed by atoms with E-state index >= 15 is 0 Å². The average molecular weight is 386 g/mol. The summed E-state index contributed by atoms with van der Waals surface area (Å²) in [4.78, 5) is 14.1. The lowest BCUT2D eigenvalue weighted by Gasteiger charge is -2.33. The summed E-state index contributed by atoms with van der Waals surface area (Å²) in [7, 11) is 0. The highest BCUT2D eigenvalue weighted by molar-refractivity contribution is 6.30. The predicted molar refractivity (Wildman–Crippen MR) is 92.6 cm³/mol. The van der Waals surface area contributed by atoms with Crippen LogP contribution in [0, 0.1) is 5.92 Å². The normalized spacial score (nSPS) is 18.2. The minimum atomic E-state index is -4.28. The van der Waals surface area contributed by atoms with E-state index in [2.05, 4.69) is 5.10 Å². The lowest BCUT2D eigenvalue weighted by Crippen LogP contribution is -2.44. The van der Waals surface area contributed by atoms with Gasteiger partial charge >= 0.3 is 6.18 Å². The second-order valence-corrected chi connectivity index (χ2v) is 6.82. The summed E-state index contributed by atoms with van der Waals surface area (Å²) in [6.07, 6.45) is -1.92. The first-order chi connectivity index (χ1) is 12.3. The number of hydrogen-bond donors (Lipinski definition) is 0. The van der Waals surface area contributed by atoms with Crippen molar-refractivity contribution in [3.05, 3.63) is 46.7 Å². The number of hydrogen-bond acceptors (Lipinski definition) is 2. The lowest BCUT2D eigenvalue weighted by atomic mass is 9.97. The molecule has 3 rings (SSSR count). The zero-order valence-corrected chi connectivity index (χ0v) is 15.0. The number of halogens is 4. The molecule has 1 amide bonds. The third-order valence-electron chi connectivity index (χ3n) is 4.66. The molecule has 1 atom stereocenters. The van der Waals surface area contributed by atoms with E-state index in [9.17, 15) is 18.0 Å². The zero-order chi connectivity index (χ0) is 18.9. The molecule has 2 heterocycles. The summed E-state index contributed by atoms with van der Waals surface area (Å²) < 4.78 is 40.7. The molecular formula is C18H19ClF3N3O. The molecule has 26 heavy (non-hydrogen) atoms. The van der Waals surface area contributed by atoms with Crippen LogP contribution in [0.1, 0.15) is 35.8 Å². The Bertz CT molecular complexity index is 803. The number of likely N-dealkylation sites (tertiary alicyclic amines) is 1. The Hall–Kier alpha value is -2.02. The molecule has 0 saturated carbocycles. The summed E-state index contributed by atoms with van der Waals surface area (Å²) in [6, 6.07) is 7.05. The maximum Gasteiger partial charge on any atom is 0.393 e. The fraction of sp³-hybridized carbons (Fsp3) is 0.444. The van der Waals surface area contributed by atoms with Gasteiger partial charge in [-0.25, -0.2) is 4.68 Å². The zero-order valence-electron chi connectivity index (χ0n) is 14.3. The highest BCUT2D eigenvalue weighted by Gasteiger charge is 2.43. The summed E-state index contributed by atoms with van der Waals surface area (Å²) in [6.45, 7) is 1.91. The Kier molecular flexibility index (Phi) is 5.27. The van der Waals surface area contributed by atoms with Gasteiger partial charge in [-0.1, -0.05) is 24.6 Å². The molecule has 140 valence electrons. The molecule has 1 aliphatic heterocycles. The van der Waals surface area contributed by atoms with Gasteiger partial charge in [-0.2, -0.15) is 18.3 Å². The molecule has 1 aliphatic rings. The minimum absolute atomic E-state index is 0.0652. The minimum Gasteiger partial charge on any atom is -0.338 e. The van der Waals surface area contributed by atoms with Crippen molar-refractivity contribution in [1.82, 2.24) is 14.7 Å². The van der Waals surface area contributed by atoms with Gasteiger partial charge in [0, 0.05) is 18.1 Å². The van der Waals surface area contributed by atoms with E-state index < -0.39 is 18.0 Å². The van der Waals surface area contributed by atoms with Crippen LogP contribution in [0.4, 0.5) is 13.2 Å². The number of carbonyl (C=O) groups is 1. The molecule has 0 spiro atoms. The molecule has 2 aromatic rings. The number of alkyl halides is 3. The largest absolute Gasteiger partial charge is 0.393 e. The second-order valence-electron chi connectivity index (χ2n) is 6.38. The molecule has 0 bridgehead atoms. The fourth-order valence-corrected chi connectivity index (χ4v) is 3.51. The number of aromatic nitrogens is 2.